The van der Waals surface area contributed by atoms with Gasteiger partial charge in [-0.3, -0.25) is 4.79 Å². The lowest BCUT2D eigenvalue weighted by Gasteiger charge is -2.38. The Kier molecular flexibility index (Phi) is 8.96. The van der Waals surface area contributed by atoms with Crippen molar-refractivity contribution in [2.45, 2.75) is 40.2 Å². The zero-order valence-electron chi connectivity index (χ0n) is 23.5. The minimum absolute atomic E-state index is 0.0386. The first-order valence-corrected chi connectivity index (χ1v) is 13.5. The highest BCUT2D eigenvalue weighted by atomic mass is 16.5. The van der Waals surface area contributed by atoms with Gasteiger partial charge in [-0.2, -0.15) is 0 Å². The zero-order chi connectivity index (χ0) is 27.9. The van der Waals surface area contributed by atoms with Gasteiger partial charge in [0.2, 0.25) is 0 Å². The molecule has 0 saturated carbocycles. The van der Waals surface area contributed by atoms with Crippen molar-refractivity contribution in [3.8, 4) is 5.75 Å². The molecule has 3 aromatic carbocycles. The first kappa shape index (κ1) is 27.8. The monoisotopic (exact) mass is 529 g/mol. The number of carbonyl (C=O) groups excluding carboxylic acids is 2. The third-order valence-corrected chi connectivity index (χ3v) is 7.25. The van der Waals surface area contributed by atoms with Crippen LogP contribution in [0, 0.1) is 13.8 Å². The van der Waals surface area contributed by atoms with E-state index in [1.54, 1.807) is 13.2 Å². The van der Waals surface area contributed by atoms with E-state index in [9.17, 15) is 9.59 Å². The van der Waals surface area contributed by atoms with Crippen LogP contribution in [0.15, 0.2) is 60.7 Å². The number of urea groups is 1. The van der Waals surface area contributed by atoms with Gasteiger partial charge in [0.05, 0.1) is 18.4 Å². The Balaban J connectivity index is 1.53. The number of rotatable bonds is 8. The minimum atomic E-state index is -0.348. The van der Waals surface area contributed by atoms with Crippen LogP contribution >= 0.6 is 0 Å². The Morgan fingerprint density at radius 3 is 2.15 bits per heavy atom. The van der Waals surface area contributed by atoms with Crippen molar-refractivity contribution in [2.24, 2.45) is 0 Å². The van der Waals surface area contributed by atoms with Crippen LogP contribution in [0.3, 0.4) is 0 Å². The average Bonchev–Trinajstić information content (AvgIpc) is 2.95. The Hall–Kier alpha value is -4.20. The van der Waals surface area contributed by atoms with Crippen molar-refractivity contribution >= 4 is 34.7 Å². The highest BCUT2D eigenvalue weighted by Gasteiger charge is 2.24. The van der Waals surface area contributed by atoms with E-state index in [4.69, 9.17) is 4.74 Å². The Morgan fingerprint density at radius 2 is 1.51 bits per heavy atom. The van der Waals surface area contributed by atoms with E-state index in [0.29, 0.717) is 11.3 Å². The highest BCUT2D eigenvalue weighted by molar-refractivity contribution is 6.04. The molecule has 1 aliphatic rings. The smallest absolute Gasteiger partial charge is 0.323 e. The number of nitrogens with zero attached hydrogens (tertiary/aromatic N) is 2. The summed E-state index contributed by atoms with van der Waals surface area (Å²) in [6.07, 6.45) is 0.828. The lowest BCUT2D eigenvalue weighted by atomic mass is 10.1. The molecule has 1 fully saturated rings. The summed E-state index contributed by atoms with van der Waals surface area (Å²) in [7, 11) is 1.69. The van der Waals surface area contributed by atoms with E-state index in [-0.39, 0.29) is 18.0 Å². The standard InChI is InChI=1S/C31H39N5O3/c1-6-23(4)32-30(37)25-20-24(33-31(38)34-29-21(2)10-9-11-22(29)3)14-15-26(25)35-16-18-36(19-17-35)27-12-7-8-13-28(27)39-5/h7-15,20,23H,6,16-19H2,1-5H3,(H,32,37)(H2,33,34,38). The quantitative estimate of drug-likeness (QED) is 0.343. The van der Waals surface area contributed by atoms with E-state index < -0.39 is 0 Å². The molecular formula is C31H39N5O3. The van der Waals surface area contributed by atoms with Gasteiger partial charge in [0.25, 0.3) is 5.91 Å². The first-order chi connectivity index (χ1) is 18.8. The fourth-order valence-electron chi connectivity index (χ4n) is 4.84. The third kappa shape index (κ3) is 6.63. The van der Waals surface area contributed by atoms with Crippen molar-refractivity contribution in [3.05, 3.63) is 77.4 Å². The van der Waals surface area contributed by atoms with Gasteiger partial charge in [0.1, 0.15) is 5.75 Å². The average molecular weight is 530 g/mol. The molecule has 3 amide bonds. The summed E-state index contributed by atoms with van der Waals surface area (Å²) in [6, 6.07) is 19.2. The molecule has 0 bridgehead atoms. The molecule has 8 heteroatoms. The summed E-state index contributed by atoms with van der Waals surface area (Å²) < 4.78 is 5.56. The van der Waals surface area contributed by atoms with Gasteiger partial charge in [-0.25, -0.2) is 4.79 Å². The second-order valence-electron chi connectivity index (χ2n) is 10.0. The van der Waals surface area contributed by atoms with Crippen LogP contribution in [0.4, 0.5) is 27.5 Å². The van der Waals surface area contributed by atoms with Gasteiger partial charge in [-0.1, -0.05) is 37.3 Å². The Labute approximate surface area is 231 Å². The summed E-state index contributed by atoms with van der Waals surface area (Å²) in [5.41, 5.74) is 5.80. The molecule has 0 aromatic heterocycles. The number of anilines is 4. The Bertz CT molecular complexity index is 1300. The van der Waals surface area contributed by atoms with Crippen LogP contribution in [-0.4, -0.2) is 51.3 Å². The fourth-order valence-corrected chi connectivity index (χ4v) is 4.84. The van der Waals surface area contributed by atoms with Crippen molar-refractivity contribution in [2.75, 3.05) is 53.7 Å². The summed E-state index contributed by atoms with van der Waals surface area (Å²) >= 11 is 0. The van der Waals surface area contributed by atoms with Crippen LogP contribution in [0.5, 0.6) is 5.75 Å². The number of piperazine rings is 1. The third-order valence-electron chi connectivity index (χ3n) is 7.25. The maximum atomic E-state index is 13.4. The van der Waals surface area contributed by atoms with Crippen LogP contribution in [-0.2, 0) is 0 Å². The molecule has 4 rings (SSSR count). The van der Waals surface area contributed by atoms with Gasteiger partial charge in [0, 0.05) is 49.3 Å². The highest BCUT2D eigenvalue weighted by Crippen LogP contribution is 2.31. The molecule has 8 nitrogen and oxygen atoms in total. The number of amides is 3. The fraction of sp³-hybridized carbons (Fsp3) is 0.355. The molecule has 39 heavy (non-hydrogen) atoms. The zero-order valence-corrected chi connectivity index (χ0v) is 23.5. The molecule has 1 atom stereocenters. The van der Waals surface area contributed by atoms with Crippen molar-refractivity contribution < 1.29 is 14.3 Å². The van der Waals surface area contributed by atoms with Crippen LogP contribution in [0.25, 0.3) is 0 Å². The molecule has 0 radical (unpaired) electrons. The molecule has 3 aromatic rings. The number of carbonyl (C=O) groups is 2. The summed E-state index contributed by atoms with van der Waals surface area (Å²) in [6.45, 7) is 11.0. The van der Waals surface area contributed by atoms with Gasteiger partial charge in [-0.05, 0) is 68.7 Å². The molecule has 1 heterocycles. The Morgan fingerprint density at radius 1 is 0.872 bits per heavy atom. The molecule has 0 spiro atoms. The molecule has 1 aliphatic heterocycles. The predicted molar refractivity (Wildman–Crippen MR) is 160 cm³/mol. The topological polar surface area (TPSA) is 85.9 Å². The predicted octanol–water partition coefficient (Wildman–Crippen LogP) is 5.81. The second-order valence-corrected chi connectivity index (χ2v) is 10.0. The molecule has 1 saturated heterocycles. The number of ether oxygens (including phenoxy) is 1. The van der Waals surface area contributed by atoms with Crippen molar-refractivity contribution in [1.82, 2.24) is 5.32 Å². The SMILES string of the molecule is CCC(C)NC(=O)c1cc(NC(=O)Nc2c(C)cccc2C)ccc1N1CCN(c2ccccc2OC)CC1. The van der Waals surface area contributed by atoms with E-state index in [1.165, 1.54) is 0 Å². The van der Waals surface area contributed by atoms with Gasteiger partial charge >= 0.3 is 6.03 Å². The minimum Gasteiger partial charge on any atom is -0.495 e. The van der Waals surface area contributed by atoms with Crippen molar-refractivity contribution in [1.29, 1.82) is 0 Å². The maximum Gasteiger partial charge on any atom is 0.323 e. The normalized spacial score (nSPS) is 14.0. The first-order valence-electron chi connectivity index (χ1n) is 13.5. The number of methoxy groups -OCH3 is 1. The van der Waals surface area contributed by atoms with E-state index in [0.717, 1.165) is 66.5 Å². The number of nitrogens with one attached hydrogen (secondary N) is 3. The molecule has 0 aliphatic carbocycles. The molecular weight excluding hydrogens is 490 g/mol. The number of benzene rings is 3. The number of aryl methyl sites for hydroxylation is 2. The second kappa shape index (κ2) is 12.6. The number of hydrogen-bond acceptors (Lipinski definition) is 5. The number of hydrogen-bond donors (Lipinski definition) is 3. The summed E-state index contributed by atoms with van der Waals surface area (Å²) in [4.78, 5) is 30.8. The van der Waals surface area contributed by atoms with Crippen LogP contribution < -0.4 is 30.5 Å². The number of para-hydroxylation sites is 3. The van der Waals surface area contributed by atoms with Crippen LogP contribution in [0.2, 0.25) is 0 Å². The van der Waals surface area contributed by atoms with Crippen LogP contribution in [0.1, 0.15) is 41.8 Å². The largest absolute Gasteiger partial charge is 0.495 e. The van der Waals surface area contributed by atoms with Gasteiger partial charge < -0.3 is 30.5 Å². The molecule has 1 unspecified atom stereocenters. The molecule has 3 N–H and O–H groups in total. The molecule has 206 valence electrons. The lowest BCUT2D eigenvalue weighted by Crippen LogP contribution is -2.47. The van der Waals surface area contributed by atoms with E-state index >= 15 is 0 Å². The lowest BCUT2D eigenvalue weighted by molar-refractivity contribution is 0.0939. The van der Waals surface area contributed by atoms with Crippen molar-refractivity contribution in [3.63, 3.8) is 0 Å². The maximum absolute atomic E-state index is 13.4. The summed E-state index contributed by atoms with van der Waals surface area (Å²) in [5, 5.41) is 8.95. The van der Waals surface area contributed by atoms with E-state index in [1.807, 2.05) is 76.2 Å². The summed E-state index contributed by atoms with van der Waals surface area (Å²) in [5.74, 6) is 0.708. The van der Waals surface area contributed by atoms with E-state index in [2.05, 4.69) is 31.8 Å². The van der Waals surface area contributed by atoms with Gasteiger partial charge in [0.15, 0.2) is 0 Å². The van der Waals surface area contributed by atoms with Gasteiger partial charge in [-0.15, -0.1) is 0 Å².